The van der Waals surface area contributed by atoms with Crippen molar-refractivity contribution in [3.63, 3.8) is 0 Å². The van der Waals surface area contributed by atoms with Crippen molar-refractivity contribution < 1.29 is 22.7 Å². The van der Waals surface area contributed by atoms with Crippen LogP contribution in [0.2, 0.25) is 0 Å². The van der Waals surface area contributed by atoms with E-state index in [4.69, 9.17) is 14.5 Å². The summed E-state index contributed by atoms with van der Waals surface area (Å²) in [6.07, 6.45) is 3.38. The van der Waals surface area contributed by atoms with E-state index in [0.29, 0.717) is 43.6 Å². The van der Waals surface area contributed by atoms with Gasteiger partial charge in [0.1, 0.15) is 5.75 Å². The third kappa shape index (κ3) is 5.49. The van der Waals surface area contributed by atoms with Crippen LogP contribution in [-0.2, 0) is 21.3 Å². The Balaban J connectivity index is 1.46. The molecule has 0 aliphatic carbocycles. The quantitative estimate of drug-likeness (QED) is 0.335. The summed E-state index contributed by atoms with van der Waals surface area (Å²) in [5.41, 5.74) is 1.97. The van der Waals surface area contributed by atoms with Gasteiger partial charge < -0.3 is 9.47 Å². The first kappa shape index (κ1) is 25.3. The molecular weight excluding hydrogens is 512 g/mol. The molecule has 2 aromatic carbocycles. The van der Waals surface area contributed by atoms with Gasteiger partial charge in [0.25, 0.3) is 5.91 Å². The van der Waals surface area contributed by atoms with E-state index in [1.807, 2.05) is 37.3 Å². The summed E-state index contributed by atoms with van der Waals surface area (Å²) < 4.78 is 39.2. The Kier molecular flexibility index (Phi) is 7.47. The summed E-state index contributed by atoms with van der Waals surface area (Å²) in [7, 11) is -3.65. The van der Waals surface area contributed by atoms with Crippen LogP contribution in [0.4, 0.5) is 5.13 Å². The van der Waals surface area contributed by atoms with Crippen molar-refractivity contribution in [1.29, 1.82) is 0 Å². The number of carbonyl (C=O) groups excluding carboxylic acids is 1. The topological polar surface area (TPSA) is 102 Å². The fourth-order valence-corrected chi connectivity index (χ4v) is 6.43. The number of nitrogens with zero attached hydrogens (tertiary/aromatic N) is 4. The molecule has 5 rings (SSSR count). The molecule has 1 amide bonds. The number of pyridine rings is 1. The minimum Gasteiger partial charge on any atom is -0.494 e. The fourth-order valence-electron chi connectivity index (χ4n) is 4.03. The van der Waals surface area contributed by atoms with Gasteiger partial charge in [0.15, 0.2) is 5.13 Å². The highest BCUT2D eigenvalue weighted by molar-refractivity contribution is 7.89. The number of rotatable bonds is 8. The van der Waals surface area contributed by atoms with Gasteiger partial charge in [-0.3, -0.25) is 14.7 Å². The number of hydrogen-bond donors (Lipinski definition) is 0. The van der Waals surface area contributed by atoms with Crippen molar-refractivity contribution >= 4 is 42.6 Å². The van der Waals surface area contributed by atoms with Crippen LogP contribution in [0.25, 0.3) is 10.2 Å². The van der Waals surface area contributed by atoms with Crippen LogP contribution in [0.15, 0.2) is 71.9 Å². The van der Waals surface area contributed by atoms with Gasteiger partial charge >= 0.3 is 0 Å². The maximum Gasteiger partial charge on any atom is 0.260 e. The molecule has 4 aromatic rings. The SMILES string of the molecule is CCOc1ccc2nc(N(Cc3cccnc3)C(=O)c3ccc(S(=O)(=O)N4CCOCC4)cc3)sc2c1. The third-order valence-corrected chi connectivity index (χ3v) is 8.86. The monoisotopic (exact) mass is 538 g/mol. The number of sulfonamides is 1. The maximum atomic E-state index is 13.7. The van der Waals surface area contributed by atoms with Crippen molar-refractivity contribution in [2.75, 3.05) is 37.8 Å². The highest BCUT2D eigenvalue weighted by Crippen LogP contribution is 2.33. The fraction of sp³-hybridized carbons (Fsp3) is 0.269. The molecule has 0 radical (unpaired) electrons. The second kappa shape index (κ2) is 10.9. The third-order valence-electron chi connectivity index (χ3n) is 5.91. The lowest BCUT2D eigenvalue weighted by atomic mass is 10.2. The molecule has 9 nitrogen and oxygen atoms in total. The zero-order valence-corrected chi connectivity index (χ0v) is 21.9. The number of ether oxygens (including phenoxy) is 2. The lowest BCUT2D eigenvalue weighted by Gasteiger charge is -2.26. The Bertz CT molecular complexity index is 1480. The van der Waals surface area contributed by atoms with Crippen LogP contribution in [0.1, 0.15) is 22.8 Å². The Morgan fingerprint density at radius 1 is 1.14 bits per heavy atom. The summed E-state index contributed by atoms with van der Waals surface area (Å²) >= 11 is 1.39. The van der Waals surface area contributed by atoms with Gasteiger partial charge in [0, 0.05) is 31.0 Å². The average Bonchev–Trinajstić information content (AvgIpc) is 3.36. The summed E-state index contributed by atoms with van der Waals surface area (Å²) in [6, 6.07) is 15.4. The van der Waals surface area contributed by atoms with Crippen molar-refractivity contribution in [2.24, 2.45) is 0 Å². The van der Waals surface area contributed by atoms with Crippen molar-refractivity contribution in [3.8, 4) is 5.75 Å². The van der Waals surface area contributed by atoms with Crippen LogP contribution in [-0.4, -0.2) is 61.5 Å². The number of fused-ring (bicyclic) bond motifs is 1. The van der Waals surface area contributed by atoms with E-state index in [1.54, 1.807) is 29.4 Å². The summed E-state index contributed by atoms with van der Waals surface area (Å²) in [4.78, 5) is 24.3. The molecule has 0 unspecified atom stereocenters. The first-order valence-electron chi connectivity index (χ1n) is 11.9. The molecule has 37 heavy (non-hydrogen) atoms. The molecule has 2 aromatic heterocycles. The number of amides is 1. The number of thiazole rings is 1. The van der Waals surface area contributed by atoms with Crippen molar-refractivity contribution in [2.45, 2.75) is 18.4 Å². The maximum absolute atomic E-state index is 13.7. The predicted molar refractivity (Wildman–Crippen MR) is 142 cm³/mol. The first-order valence-corrected chi connectivity index (χ1v) is 14.1. The number of hydrogen-bond acceptors (Lipinski definition) is 8. The molecule has 1 fully saturated rings. The highest BCUT2D eigenvalue weighted by Gasteiger charge is 2.27. The zero-order valence-electron chi connectivity index (χ0n) is 20.2. The molecule has 0 N–H and O–H groups in total. The molecule has 192 valence electrons. The van der Waals surface area contributed by atoms with Crippen LogP contribution in [0.3, 0.4) is 0 Å². The van der Waals surface area contributed by atoms with Crippen molar-refractivity contribution in [1.82, 2.24) is 14.3 Å². The minimum absolute atomic E-state index is 0.146. The van der Waals surface area contributed by atoms with Gasteiger partial charge in [0.05, 0.1) is 41.5 Å². The second-order valence-electron chi connectivity index (χ2n) is 8.35. The molecule has 0 saturated carbocycles. The van der Waals surface area contributed by atoms with E-state index in [9.17, 15) is 13.2 Å². The Labute approximate surface area is 219 Å². The van der Waals surface area contributed by atoms with Gasteiger partial charge in [-0.15, -0.1) is 0 Å². The van der Waals surface area contributed by atoms with Gasteiger partial charge in [-0.05, 0) is 61.0 Å². The Hall–Kier alpha value is -3.38. The molecule has 0 spiro atoms. The van der Waals surface area contributed by atoms with Gasteiger partial charge in [0.2, 0.25) is 10.0 Å². The average molecular weight is 539 g/mol. The molecule has 3 heterocycles. The molecule has 1 aliphatic rings. The predicted octanol–water partition coefficient (Wildman–Crippen LogP) is 3.96. The van der Waals surface area contributed by atoms with Crippen LogP contribution < -0.4 is 9.64 Å². The number of carbonyl (C=O) groups is 1. The van der Waals surface area contributed by atoms with Crippen LogP contribution in [0, 0.1) is 0 Å². The highest BCUT2D eigenvalue weighted by atomic mass is 32.2. The van der Waals surface area contributed by atoms with E-state index in [2.05, 4.69) is 4.98 Å². The van der Waals surface area contributed by atoms with E-state index in [-0.39, 0.29) is 17.3 Å². The standard InChI is InChI=1S/C26H26N4O5S2/c1-2-35-21-7-10-23-24(16-21)36-26(28-23)30(18-19-4-3-11-27-17-19)25(31)20-5-8-22(9-6-20)37(32,33)29-12-14-34-15-13-29/h3-11,16-17H,2,12-15,18H2,1H3. The number of morpholine rings is 1. The lowest BCUT2D eigenvalue weighted by molar-refractivity contribution is 0.0730. The molecule has 1 aliphatic heterocycles. The van der Waals surface area contributed by atoms with E-state index >= 15 is 0 Å². The zero-order chi connectivity index (χ0) is 25.8. The molecular formula is C26H26N4O5S2. The number of benzene rings is 2. The van der Waals surface area contributed by atoms with Gasteiger partial charge in [-0.2, -0.15) is 4.31 Å². The van der Waals surface area contributed by atoms with E-state index in [1.165, 1.54) is 27.8 Å². The second-order valence-corrected chi connectivity index (χ2v) is 11.3. The normalized spacial score (nSPS) is 14.5. The Morgan fingerprint density at radius 2 is 1.92 bits per heavy atom. The number of aromatic nitrogens is 2. The van der Waals surface area contributed by atoms with E-state index < -0.39 is 10.0 Å². The lowest BCUT2D eigenvalue weighted by Crippen LogP contribution is -2.40. The first-order chi connectivity index (χ1) is 18.0. The molecule has 0 atom stereocenters. The minimum atomic E-state index is -3.65. The Morgan fingerprint density at radius 3 is 2.62 bits per heavy atom. The van der Waals surface area contributed by atoms with E-state index in [0.717, 1.165) is 21.5 Å². The van der Waals surface area contributed by atoms with Crippen molar-refractivity contribution in [3.05, 3.63) is 78.1 Å². The largest absolute Gasteiger partial charge is 0.494 e. The van der Waals surface area contributed by atoms with Gasteiger partial charge in [-0.25, -0.2) is 13.4 Å². The molecule has 11 heteroatoms. The van der Waals surface area contributed by atoms with Gasteiger partial charge in [-0.1, -0.05) is 17.4 Å². The van der Waals surface area contributed by atoms with Crippen LogP contribution in [0.5, 0.6) is 5.75 Å². The molecule has 1 saturated heterocycles. The van der Waals surface area contributed by atoms with Crippen LogP contribution >= 0.6 is 11.3 Å². The summed E-state index contributed by atoms with van der Waals surface area (Å²) in [6.45, 7) is 4.10. The smallest absolute Gasteiger partial charge is 0.260 e. The summed E-state index contributed by atoms with van der Waals surface area (Å²) in [5, 5.41) is 0.530. The summed E-state index contributed by atoms with van der Waals surface area (Å²) in [5.74, 6) is 0.454. The molecule has 0 bridgehead atoms. The number of anilines is 1.